The van der Waals surface area contributed by atoms with Crippen molar-refractivity contribution >= 4 is 96.1 Å². The summed E-state index contributed by atoms with van der Waals surface area (Å²) in [6, 6.07) is 63.6. The Balaban J connectivity index is 1.32. The van der Waals surface area contributed by atoms with Crippen LogP contribution in [0.1, 0.15) is 132 Å². The number of hydrogen-bond donors (Lipinski definition) is 0. The van der Waals surface area contributed by atoms with Crippen LogP contribution in [0.5, 0.6) is 0 Å². The van der Waals surface area contributed by atoms with Crippen LogP contribution in [0.15, 0.2) is 164 Å². The number of nitrogens with zero attached hydrogens (tertiary/aromatic N) is 4. The van der Waals surface area contributed by atoms with Gasteiger partial charge in [0.1, 0.15) is 0 Å². The van der Waals surface area contributed by atoms with Crippen LogP contribution in [0.4, 0.5) is 51.2 Å². The molecule has 0 amide bonds. The fourth-order valence-electron chi connectivity index (χ4n) is 11.8. The summed E-state index contributed by atoms with van der Waals surface area (Å²) in [7, 11) is 2.27. The van der Waals surface area contributed by atoms with Gasteiger partial charge in [-0.2, -0.15) is 0 Å². The van der Waals surface area contributed by atoms with Crippen LogP contribution in [-0.4, -0.2) is 11.3 Å². The average molecular weight is 971 g/mol. The number of para-hydroxylation sites is 1. The Bertz CT molecular complexity index is 3560. The van der Waals surface area contributed by atoms with Crippen LogP contribution >= 0.6 is 0 Å². The first-order chi connectivity index (χ1) is 34.8. The molecule has 4 nitrogen and oxygen atoms in total. The minimum absolute atomic E-state index is 0.00698. The molecule has 0 bridgehead atoms. The van der Waals surface area contributed by atoms with Crippen LogP contribution in [0.25, 0.3) is 21.8 Å². The third kappa shape index (κ3) is 8.13. The summed E-state index contributed by atoms with van der Waals surface area (Å²) in [5.41, 5.74) is 23.3. The molecule has 0 N–H and O–H groups in total. The molecule has 8 aromatic carbocycles. The number of benzene rings is 8. The minimum Gasteiger partial charge on any atom is -0.342 e. The van der Waals surface area contributed by atoms with Crippen molar-refractivity contribution in [3.05, 3.63) is 192 Å². The molecule has 1 aromatic heterocycles. The van der Waals surface area contributed by atoms with Crippen molar-refractivity contribution in [1.82, 2.24) is 4.57 Å². The number of aryl methyl sites for hydroxylation is 1. The van der Waals surface area contributed by atoms with Crippen LogP contribution in [0, 0.1) is 0 Å². The summed E-state index contributed by atoms with van der Waals surface area (Å²) in [5.74, 6) is 0. The van der Waals surface area contributed by atoms with Gasteiger partial charge in [-0.3, -0.25) is 0 Å². The Morgan fingerprint density at radius 1 is 0.378 bits per heavy atom. The Morgan fingerprint density at radius 2 is 0.811 bits per heavy atom. The van der Waals surface area contributed by atoms with E-state index in [9.17, 15) is 0 Å². The highest BCUT2D eigenvalue weighted by atomic mass is 15.2. The van der Waals surface area contributed by atoms with E-state index in [4.69, 9.17) is 0 Å². The van der Waals surface area contributed by atoms with E-state index >= 15 is 0 Å². The highest BCUT2D eigenvalue weighted by Crippen LogP contribution is 2.53. The molecular weight excluding hydrogens is 896 g/mol. The predicted octanol–water partition coefficient (Wildman–Crippen LogP) is 17.4. The fraction of sp³-hybridized carbons (Fsp3) is 0.304. The number of aromatic nitrogens is 1. The van der Waals surface area contributed by atoms with Crippen LogP contribution < -0.4 is 31.1 Å². The van der Waals surface area contributed by atoms with Crippen LogP contribution in [0.2, 0.25) is 0 Å². The first-order valence-electron chi connectivity index (χ1n) is 26.9. The molecule has 5 heteroatoms. The molecule has 11 rings (SSSR count). The highest BCUT2D eigenvalue weighted by Gasteiger charge is 2.46. The summed E-state index contributed by atoms with van der Waals surface area (Å²) >= 11 is 0. The van der Waals surface area contributed by atoms with Gasteiger partial charge in [0.15, 0.2) is 0 Å². The number of rotatable bonds is 5. The standard InChI is InChI=1S/C69H75BN4/c1-65(2,3)44-24-33-49(34-25-44)72(50-35-26-45(27-36-50)66(4,5)6)64-62-54(53-20-17-18-21-57(53)71(62)16)43-56-63(64)74(52-39-30-47(31-40-52)68(10,11)12)60-23-19-22-59-61(60)70(56)55-42-48(69(13,14)15)32-41-58(55)73(59)51-37-28-46(29-38-51)67(7,8)9/h17-43H,1-16H3. The summed E-state index contributed by atoms with van der Waals surface area (Å²) in [5, 5.41) is 2.50. The lowest BCUT2D eigenvalue weighted by molar-refractivity contribution is 0.590. The van der Waals surface area contributed by atoms with Gasteiger partial charge in [0.05, 0.1) is 16.9 Å². The maximum atomic E-state index is 2.63. The smallest absolute Gasteiger partial charge is 0.252 e. The van der Waals surface area contributed by atoms with Crippen molar-refractivity contribution in [2.24, 2.45) is 7.05 Å². The third-order valence-electron chi connectivity index (χ3n) is 16.2. The highest BCUT2D eigenvalue weighted by molar-refractivity contribution is 7.00. The first kappa shape index (κ1) is 49.2. The molecule has 0 saturated carbocycles. The van der Waals surface area contributed by atoms with E-state index in [0.717, 1.165) is 28.4 Å². The zero-order chi connectivity index (χ0) is 52.6. The maximum absolute atomic E-state index is 2.63. The molecule has 74 heavy (non-hydrogen) atoms. The molecular formula is C69H75BN4. The topological polar surface area (TPSA) is 14.7 Å². The van der Waals surface area contributed by atoms with Gasteiger partial charge in [-0.1, -0.05) is 195 Å². The van der Waals surface area contributed by atoms with Gasteiger partial charge in [0.2, 0.25) is 0 Å². The molecule has 0 atom stereocenters. The second kappa shape index (κ2) is 17.0. The van der Waals surface area contributed by atoms with Crippen molar-refractivity contribution in [2.45, 2.75) is 131 Å². The zero-order valence-electron chi connectivity index (χ0n) is 47.0. The van der Waals surface area contributed by atoms with E-state index in [1.54, 1.807) is 0 Å². The molecule has 0 unspecified atom stereocenters. The van der Waals surface area contributed by atoms with Gasteiger partial charge in [-0.15, -0.1) is 0 Å². The third-order valence-corrected chi connectivity index (χ3v) is 16.2. The van der Waals surface area contributed by atoms with E-state index < -0.39 is 0 Å². The van der Waals surface area contributed by atoms with Crippen molar-refractivity contribution in [2.75, 3.05) is 14.7 Å². The predicted molar refractivity (Wildman–Crippen MR) is 323 cm³/mol. The van der Waals surface area contributed by atoms with E-state index in [0.29, 0.717) is 0 Å². The lowest BCUT2D eigenvalue weighted by Crippen LogP contribution is -2.61. The van der Waals surface area contributed by atoms with E-state index in [-0.39, 0.29) is 33.8 Å². The maximum Gasteiger partial charge on any atom is 0.252 e. The summed E-state index contributed by atoms with van der Waals surface area (Å²) in [4.78, 5) is 7.76. The van der Waals surface area contributed by atoms with Crippen LogP contribution in [0.3, 0.4) is 0 Å². The number of anilines is 9. The van der Waals surface area contributed by atoms with Crippen molar-refractivity contribution in [3.8, 4) is 0 Å². The molecule has 0 spiro atoms. The second-order valence-electron chi connectivity index (χ2n) is 26.5. The summed E-state index contributed by atoms with van der Waals surface area (Å²) < 4.78 is 2.46. The molecule has 0 saturated heterocycles. The average Bonchev–Trinajstić information content (AvgIpc) is 3.67. The van der Waals surface area contributed by atoms with Gasteiger partial charge >= 0.3 is 0 Å². The normalized spacial score (nSPS) is 13.9. The minimum atomic E-state index is -0.0980. The second-order valence-corrected chi connectivity index (χ2v) is 26.5. The Morgan fingerprint density at radius 3 is 1.30 bits per heavy atom. The van der Waals surface area contributed by atoms with Crippen LogP contribution in [-0.2, 0) is 34.1 Å². The van der Waals surface area contributed by atoms with Crippen molar-refractivity contribution < 1.29 is 0 Å². The molecule has 2 aliphatic rings. The monoisotopic (exact) mass is 971 g/mol. The molecule has 9 aromatic rings. The summed E-state index contributed by atoms with van der Waals surface area (Å²) in [6.07, 6.45) is 0. The molecule has 2 aliphatic heterocycles. The van der Waals surface area contributed by atoms with E-state index in [1.807, 2.05) is 0 Å². The lowest BCUT2D eigenvalue weighted by atomic mass is 9.33. The molecule has 0 radical (unpaired) electrons. The zero-order valence-corrected chi connectivity index (χ0v) is 47.0. The number of fused-ring (bicyclic) bond motifs is 7. The first-order valence-corrected chi connectivity index (χ1v) is 26.9. The van der Waals surface area contributed by atoms with E-state index in [1.165, 1.54) is 88.8 Å². The fourth-order valence-corrected chi connectivity index (χ4v) is 11.8. The Kier molecular flexibility index (Phi) is 11.3. The summed E-state index contributed by atoms with van der Waals surface area (Å²) in [6.45, 7) is 34.6. The molecule has 374 valence electrons. The Hall–Kier alpha value is -6.98. The van der Waals surface area contributed by atoms with Gasteiger partial charge in [0, 0.05) is 63.1 Å². The SMILES string of the molecule is Cn1c2ccccc2c2cc3c(c(N(c4ccc(C(C)(C)C)cc4)c4ccc(C(C)(C)C)cc4)c21)N(c1ccc(C(C)(C)C)cc1)c1cccc2c1B3c1cc(C(C)(C)C)ccc1N2c1ccc(C(C)(C)C)cc1. The van der Waals surface area contributed by atoms with Crippen molar-refractivity contribution in [3.63, 3.8) is 0 Å². The van der Waals surface area contributed by atoms with Gasteiger partial charge < -0.3 is 19.3 Å². The molecule has 0 aliphatic carbocycles. The quantitative estimate of drug-likeness (QED) is 0.160. The molecule has 3 heterocycles. The largest absolute Gasteiger partial charge is 0.342 e. The van der Waals surface area contributed by atoms with Gasteiger partial charge in [0.25, 0.3) is 6.71 Å². The molecule has 0 fully saturated rings. The van der Waals surface area contributed by atoms with Gasteiger partial charge in [-0.05, 0) is 144 Å². The van der Waals surface area contributed by atoms with Crippen molar-refractivity contribution in [1.29, 1.82) is 0 Å². The Labute approximate surface area is 442 Å². The van der Waals surface area contributed by atoms with E-state index in [2.05, 4.69) is 294 Å². The lowest BCUT2D eigenvalue weighted by Gasteiger charge is -2.46. The van der Waals surface area contributed by atoms with Gasteiger partial charge in [-0.25, -0.2) is 0 Å². The number of hydrogen-bond acceptors (Lipinski definition) is 3.